The van der Waals surface area contributed by atoms with E-state index in [-0.39, 0.29) is 12.6 Å². The van der Waals surface area contributed by atoms with Gasteiger partial charge >= 0.3 is 0 Å². The normalized spacial score (nSPS) is 17.6. The zero-order valence-corrected chi connectivity index (χ0v) is 16.0. The van der Waals surface area contributed by atoms with Crippen LogP contribution >= 0.6 is 0 Å². The van der Waals surface area contributed by atoms with Crippen LogP contribution in [0.1, 0.15) is 29.7 Å². The quantitative estimate of drug-likeness (QED) is 0.842. The summed E-state index contributed by atoms with van der Waals surface area (Å²) in [4.78, 5) is 0. The van der Waals surface area contributed by atoms with Gasteiger partial charge in [-0.25, -0.2) is 0 Å². The summed E-state index contributed by atoms with van der Waals surface area (Å²) in [5.74, 6) is 1.27. The lowest BCUT2D eigenvalue weighted by Gasteiger charge is -2.34. The summed E-state index contributed by atoms with van der Waals surface area (Å²) in [6.45, 7) is 2.59. The molecule has 0 bridgehead atoms. The Morgan fingerprint density at radius 2 is 1.77 bits per heavy atom. The van der Waals surface area contributed by atoms with Crippen molar-refractivity contribution < 1.29 is 17.9 Å². The van der Waals surface area contributed by atoms with E-state index in [4.69, 9.17) is 9.47 Å². The van der Waals surface area contributed by atoms with Crippen molar-refractivity contribution in [3.05, 3.63) is 59.2 Å². The Hall–Kier alpha value is -2.09. The number of hydrogen-bond acceptors (Lipinski definition) is 4. The van der Waals surface area contributed by atoms with Gasteiger partial charge in [0.2, 0.25) is 0 Å². The van der Waals surface area contributed by atoms with Crippen LogP contribution in [0.4, 0.5) is 0 Å². The van der Waals surface area contributed by atoms with Crippen molar-refractivity contribution in [2.45, 2.75) is 25.9 Å². The Morgan fingerprint density at radius 3 is 2.42 bits per heavy atom. The number of nitrogens with one attached hydrogen (secondary N) is 1. The van der Waals surface area contributed by atoms with E-state index in [1.165, 1.54) is 4.31 Å². The first kappa shape index (κ1) is 18.7. The van der Waals surface area contributed by atoms with Gasteiger partial charge in [0, 0.05) is 19.1 Å². The second kappa shape index (κ2) is 7.65. The number of ether oxygens (including phenoxy) is 2. The summed E-state index contributed by atoms with van der Waals surface area (Å²) in [5, 5.41) is 0. The molecule has 2 aromatic rings. The van der Waals surface area contributed by atoms with Crippen LogP contribution in [0.25, 0.3) is 0 Å². The minimum atomic E-state index is -3.60. The van der Waals surface area contributed by atoms with Gasteiger partial charge in [-0.1, -0.05) is 30.3 Å². The molecule has 1 aliphatic heterocycles. The van der Waals surface area contributed by atoms with Crippen LogP contribution in [0.5, 0.6) is 11.5 Å². The van der Waals surface area contributed by atoms with Crippen molar-refractivity contribution in [3.63, 3.8) is 0 Å². The average molecular weight is 376 g/mol. The van der Waals surface area contributed by atoms with Crippen LogP contribution in [0, 0.1) is 0 Å². The summed E-state index contributed by atoms with van der Waals surface area (Å²) in [5.41, 5.74) is 2.95. The van der Waals surface area contributed by atoms with Gasteiger partial charge in [-0.15, -0.1) is 0 Å². The van der Waals surface area contributed by atoms with Crippen molar-refractivity contribution in [2.24, 2.45) is 0 Å². The molecule has 2 aromatic carbocycles. The molecule has 0 amide bonds. The lowest BCUT2D eigenvalue weighted by Crippen LogP contribution is -2.45. The third kappa shape index (κ3) is 3.70. The fourth-order valence-electron chi connectivity index (χ4n) is 3.30. The second-order valence-electron chi connectivity index (χ2n) is 6.25. The van der Waals surface area contributed by atoms with Gasteiger partial charge in [0.1, 0.15) is 0 Å². The Labute approximate surface area is 154 Å². The zero-order valence-electron chi connectivity index (χ0n) is 15.2. The fourth-order valence-corrected chi connectivity index (χ4v) is 4.68. The third-order valence-corrected chi connectivity index (χ3v) is 6.36. The van der Waals surface area contributed by atoms with Gasteiger partial charge in [0.05, 0.1) is 14.2 Å². The highest BCUT2D eigenvalue weighted by Crippen LogP contribution is 2.38. The van der Waals surface area contributed by atoms with Crippen LogP contribution in [0.15, 0.2) is 42.5 Å². The Balaban J connectivity index is 1.82. The van der Waals surface area contributed by atoms with Crippen LogP contribution in [0.2, 0.25) is 0 Å². The van der Waals surface area contributed by atoms with E-state index >= 15 is 0 Å². The van der Waals surface area contributed by atoms with Gasteiger partial charge in [-0.3, -0.25) is 0 Å². The first-order chi connectivity index (χ1) is 12.5. The molecule has 26 heavy (non-hydrogen) atoms. The molecule has 0 unspecified atom stereocenters. The standard InChI is InChI=1S/C19H24N2O4S/c1-14-17-12-19(25-3)18(24-2)11-16(17)9-10-21(14)26(22,23)20-13-15-7-5-4-6-8-15/h4-8,11-12,14,20H,9-10,13H2,1-3H3/t14-/m0/s1. The van der Waals surface area contributed by atoms with Crippen molar-refractivity contribution in [1.29, 1.82) is 0 Å². The first-order valence-corrected chi connectivity index (χ1v) is 9.95. The van der Waals surface area contributed by atoms with Crippen LogP contribution in [-0.4, -0.2) is 33.5 Å². The lowest BCUT2D eigenvalue weighted by atomic mass is 9.94. The van der Waals surface area contributed by atoms with Gasteiger partial charge in [0.15, 0.2) is 11.5 Å². The topological polar surface area (TPSA) is 67.9 Å². The average Bonchev–Trinajstić information content (AvgIpc) is 2.66. The summed E-state index contributed by atoms with van der Waals surface area (Å²) in [6, 6.07) is 13.0. The number of nitrogens with zero attached hydrogens (tertiary/aromatic N) is 1. The van der Waals surface area contributed by atoms with Crippen LogP contribution in [0.3, 0.4) is 0 Å². The number of methoxy groups -OCH3 is 2. The maximum Gasteiger partial charge on any atom is 0.280 e. The predicted molar refractivity (Wildman–Crippen MR) is 101 cm³/mol. The maximum atomic E-state index is 12.8. The van der Waals surface area contributed by atoms with Crippen molar-refractivity contribution >= 4 is 10.2 Å². The molecule has 0 saturated heterocycles. The van der Waals surface area contributed by atoms with Gasteiger partial charge in [-0.2, -0.15) is 17.4 Å². The molecule has 1 atom stereocenters. The summed E-state index contributed by atoms with van der Waals surface area (Å²) in [7, 11) is -0.422. The molecule has 0 fully saturated rings. The highest BCUT2D eigenvalue weighted by molar-refractivity contribution is 7.87. The monoisotopic (exact) mass is 376 g/mol. The van der Waals surface area contributed by atoms with E-state index in [0.717, 1.165) is 16.7 Å². The molecule has 0 aliphatic carbocycles. The molecule has 0 radical (unpaired) electrons. The Morgan fingerprint density at radius 1 is 1.12 bits per heavy atom. The van der Waals surface area contributed by atoms with Crippen molar-refractivity contribution in [3.8, 4) is 11.5 Å². The summed E-state index contributed by atoms with van der Waals surface area (Å²) < 4.78 is 40.6. The predicted octanol–water partition coefficient (Wildman–Crippen LogP) is 2.66. The first-order valence-electron chi connectivity index (χ1n) is 8.51. The van der Waals surface area contributed by atoms with Crippen molar-refractivity contribution in [2.75, 3.05) is 20.8 Å². The van der Waals surface area contributed by atoms with Crippen LogP contribution in [-0.2, 0) is 23.2 Å². The third-order valence-electron chi connectivity index (χ3n) is 4.74. The number of hydrogen-bond donors (Lipinski definition) is 1. The maximum absolute atomic E-state index is 12.8. The molecule has 0 saturated carbocycles. The molecule has 140 valence electrons. The molecule has 1 N–H and O–H groups in total. The molecule has 1 aliphatic rings. The minimum Gasteiger partial charge on any atom is -0.493 e. The highest BCUT2D eigenvalue weighted by atomic mass is 32.2. The highest BCUT2D eigenvalue weighted by Gasteiger charge is 2.33. The van der Waals surface area contributed by atoms with E-state index in [1.54, 1.807) is 14.2 Å². The molecule has 1 heterocycles. The van der Waals surface area contributed by atoms with E-state index in [1.807, 2.05) is 49.4 Å². The molecule has 0 spiro atoms. The van der Waals surface area contributed by atoms with Gasteiger partial charge in [0.25, 0.3) is 10.2 Å². The largest absolute Gasteiger partial charge is 0.493 e. The molecule has 6 nitrogen and oxygen atoms in total. The van der Waals surface area contributed by atoms with E-state index < -0.39 is 10.2 Å². The van der Waals surface area contributed by atoms with Gasteiger partial charge in [-0.05, 0) is 42.2 Å². The smallest absolute Gasteiger partial charge is 0.280 e. The Kier molecular flexibility index (Phi) is 5.50. The van der Waals surface area contributed by atoms with E-state index in [2.05, 4.69) is 4.72 Å². The fraction of sp³-hybridized carbons (Fsp3) is 0.368. The summed E-state index contributed by atoms with van der Waals surface area (Å²) in [6.07, 6.45) is 0.631. The number of fused-ring (bicyclic) bond motifs is 1. The number of benzene rings is 2. The molecule has 3 rings (SSSR count). The Bertz CT molecular complexity index is 869. The van der Waals surface area contributed by atoms with Gasteiger partial charge < -0.3 is 9.47 Å². The van der Waals surface area contributed by atoms with E-state index in [0.29, 0.717) is 24.5 Å². The molecular weight excluding hydrogens is 352 g/mol. The number of rotatable bonds is 6. The van der Waals surface area contributed by atoms with E-state index in [9.17, 15) is 8.42 Å². The SMILES string of the molecule is COc1cc2c(cc1OC)[C@H](C)N(S(=O)(=O)NCc1ccccc1)CC2. The second-order valence-corrected chi connectivity index (χ2v) is 7.96. The molecular formula is C19H24N2O4S. The lowest BCUT2D eigenvalue weighted by molar-refractivity contribution is 0.314. The van der Waals surface area contributed by atoms with Crippen molar-refractivity contribution in [1.82, 2.24) is 9.03 Å². The minimum absolute atomic E-state index is 0.269. The zero-order chi connectivity index (χ0) is 18.7. The molecule has 0 aromatic heterocycles. The van der Waals surface area contributed by atoms with Crippen LogP contribution < -0.4 is 14.2 Å². The molecule has 7 heteroatoms. The summed E-state index contributed by atoms with van der Waals surface area (Å²) >= 11 is 0.